The van der Waals surface area contributed by atoms with Gasteiger partial charge in [0, 0.05) is 11.1 Å². The normalized spacial score (nSPS) is 14.2. The second-order valence-electron chi connectivity index (χ2n) is 5.08. The van der Waals surface area contributed by atoms with Crippen LogP contribution in [-0.2, 0) is 4.79 Å². The molecule has 2 rings (SSSR count). The van der Waals surface area contributed by atoms with Crippen molar-refractivity contribution in [3.8, 4) is 0 Å². The van der Waals surface area contributed by atoms with Gasteiger partial charge in [-0.05, 0) is 37.1 Å². The van der Waals surface area contributed by atoms with Crippen LogP contribution in [0.2, 0.25) is 0 Å². The number of aliphatic hydroxyl groups is 1. The van der Waals surface area contributed by atoms with Crippen molar-refractivity contribution in [3.63, 3.8) is 0 Å². The van der Waals surface area contributed by atoms with Gasteiger partial charge in [-0.25, -0.2) is 0 Å². The lowest BCUT2D eigenvalue weighted by atomic mass is 9.91. The Kier molecular flexibility index (Phi) is 4.35. The van der Waals surface area contributed by atoms with Crippen molar-refractivity contribution in [2.24, 2.45) is 5.92 Å². The summed E-state index contributed by atoms with van der Waals surface area (Å²) in [5, 5.41) is 20.4. The molecule has 1 aromatic heterocycles. The molecule has 0 saturated carbocycles. The molecular formula is C16H19NO3. The number of carboxylic acids is 1. The molecule has 0 spiro atoms. The molecule has 20 heavy (non-hydrogen) atoms. The Labute approximate surface area is 118 Å². The van der Waals surface area contributed by atoms with Crippen LogP contribution in [0.25, 0.3) is 10.9 Å². The van der Waals surface area contributed by atoms with E-state index in [1.807, 2.05) is 38.1 Å². The Morgan fingerprint density at radius 1 is 1.30 bits per heavy atom. The lowest BCUT2D eigenvalue weighted by molar-refractivity contribution is -0.146. The standard InChI is InChI=1S/C16H19NO3/c1-3-4-13(16(19)20)15(18)12-7-8-14-11(9-12)6-5-10(2)17-14/h5-9,13,15,18H,3-4H2,1-2H3,(H,19,20). The molecule has 0 aliphatic carbocycles. The number of nitrogens with zero attached hydrogens (tertiary/aromatic N) is 1. The van der Waals surface area contributed by atoms with Crippen LogP contribution in [0, 0.1) is 12.8 Å². The molecule has 0 saturated heterocycles. The number of aromatic nitrogens is 1. The third-order valence-corrected chi connectivity index (χ3v) is 3.49. The molecule has 1 aromatic carbocycles. The molecule has 0 radical (unpaired) electrons. The largest absolute Gasteiger partial charge is 0.481 e. The molecule has 0 aliphatic heterocycles. The van der Waals surface area contributed by atoms with Gasteiger partial charge in [-0.2, -0.15) is 0 Å². The highest BCUT2D eigenvalue weighted by Crippen LogP contribution is 2.28. The van der Waals surface area contributed by atoms with E-state index in [-0.39, 0.29) is 0 Å². The fraction of sp³-hybridized carbons (Fsp3) is 0.375. The van der Waals surface area contributed by atoms with E-state index in [2.05, 4.69) is 4.98 Å². The quantitative estimate of drug-likeness (QED) is 0.878. The molecule has 0 bridgehead atoms. The zero-order valence-corrected chi connectivity index (χ0v) is 11.7. The number of carbonyl (C=O) groups is 1. The maximum absolute atomic E-state index is 11.2. The van der Waals surface area contributed by atoms with Crippen LogP contribution >= 0.6 is 0 Å². The molecule has 1 heterocycles. The molecular weight excluding hydrogens is 254 g/mol. The van der Waals surface area contributed by atoms with Gasteiger partial charge in [-0.3, -0.25) is 9.78 Å². The number of aryl methyl sites for hydroxylation is 1. The van der Waals surface area contributed by atoms with Crippen LogP contribution in [-0.4, -0.2) is 21.2 Å². The van der Waals surface area contributed by atoms with Crippen molar-refractivity contribution < 1.29 is 15.0 Å². The van der Waals surface area contributed by atoms with E-state index < -0.39 is 18.0 Å². The molecule has 4 nitrogen and oxygen atoms in total. The van der Waals surface area contributed by atoms with Crippen LogP contribution in [0.1, 0.15) is 37.1 Å². The van der Waals surface area contributed by atoms with Gasteiger partial charge in [-0.15, -0.1) is 0 Å². The minimum Gasteiger partial charge on any atom is -0.481 e. The van der Waals surface area contributed by atoms with E-state index in [0.717, 1.165) is 23.0 Å². The highest BCUT2D eigenvalue weighted by Gasteiger charge is 2.26. The highest BCUT2D eigenvalue weighted by molar-refractivity contribution is 5.80. The van der Waals surface area contributed by atoms with E-state index in [1.54, 1.807) is 6.07 Å². The van der Waals surface area contributed by atoms with E-state index in [4.69, 9.17) is 0 Å². The SMILES string of the molecule is CCCC(C(=O)O)C(O)c1ccc2nc(C)ccc2c1. The van der Waals surface area contributed by atoms with Crippen LogP contribution in [0.5, 0.6) is 0 Å². The monoisotopic (exact) mass is 273 g/mol. The minimum atomic E-state index is -0.988. The van der Waals surface area contributed by atoms with Gasteiger partial charge in [0.15, 0.2) is 0 Å². The van der Waals surface area contributed by atoms with Gasteiger partial charge < -0.3 is 10.2 Å². The summed E-state index contributed by atoms with van der Waals surface area (Å²) in [4.78, 5) is 15.6. The molecule has 2 atom stereocenters. The second kappa shape index (κ2) is 6.01. The van der Waals surface area contributed by atoms with Crippen LogP contribution in [0.3, 0.4) is 0 Å². The first-order chi connectivity index (χ1) is 9.52. The smallest absolute Gasteiger partial charge is 0.309 e. The fourth-order valence-corrected chi connectivity index (χ4v) is 2.39. The molecule has 0 amide bonds. The summed E-state index contributed by atoms with van der Waals surface area (Å²) < 4.78 is 0. The van der Waals surface area contributed by atoms with Crippen molar-refractivity contribution in [1.29, 1.82) is 0 Å². The Morgan fingerprint density at radius 2 is 2.05 bits per heavy atom. The number of carboxylic acid groups (broad SMARTS) is 1. The number of fused-ring (bicyclic) bond motifs is 1. The zero-order valence-electron chi connectivity index (χ0n) is 11.7. The predicted molar refractivity (Wildman–Crippen MR) is 77.5 cm³/mol. The number of aliphatic hydroxyl groups excluding tert-OH is 1. The summed E-state index contributed by atoms with van der Waals surface area (Å²) in [5.41, 5.74) is 2.41. The first-order valence-corrected chi connectivity index (χ1v) is 6.81. The Hall–Kier alpha value is -1.94. The van der Waals surface area contributed by atoms with Crippen molar-refractivity contribution in [2.45, 2.75) is 32.8 Å². The van der Waals surface area contributed by atoms with E-state index in [9.17, 15) is 15.0 Å². The first kappa shape index (κ1) is 14.5. The molecule has 2 aromatic rings. The van der Waals surface area contributed by atoms with Gasteiger partial charge in [0.2, 0.25) is 0 Å². The average Bonchev–Trinajstić information content (AvgIpc) is 2.43. The Bertz CT molecular complexity index is 624. The third kappa shape index (κ3) is 2.96. The van der Waals surface area contributed by atoms with E-state index in [0.29, 0.717) is 12.0 Å². The summed E-state index contributed by atoms with van der Waals surface area (Å²) in [7, 11) is 0. The maximum Gasteiger partial charge on any atom is 0.309 e. The molecule has 0 fully saturated rings. The van der Waals surface area contributed by atoms with Crippen LogP contribution in [0.15, 0.2) is 30.3 Å². The average molecular weight is 273 g/mol. The molecule has 0 aliphatic rings. The van der Waals surface area contributed by atoms with Gasteiger partial charge in [0.1, 0.15) is 0 Å². The lowest BCUT2D eigenvalue weighted by Crippen LogP contribution is -2.21. The van der Waals surface area contributed by atoms with Crippen molar-refractivity contribution in [3.05, 3.63) is 41.6 Å². The fourth-order valence-electron chi connectivity index (χ4n) is 2.39. The van der Waals surface area contributed by atoms with Crippen LogP contribution < -0.4 is 0 Å². The predicted octanol–water partition coefficient (Wildman–Crippen LogP) is 3.08. The number of benzene rings is 1. The van der Waals surface area contributed by atoms with Crippen molar-refractivity contribution >= 4 is 16.9 Å². The van der Waals surface area contributed by atoms with Crippen molar-refractivity contribution in [2.75, 3.05) is 0 Å². The van der Waals surface area contributed by atoms with E-state index >= 15 is 0 Å². The summed E-state index contributed by atoms with van der Waals surface area (Å²) in [6.45, 7) is 3.83. The molecule has 106 valence electrons. The molecule has 4 heteroatoms. The Balaban J connectivity index is 2.36. The second-order valence-corrected chi connectivity index (χ2v) is 5.08. The van der Waals surface area contributed by atoms with Gasteiger partial charge in [0.05, 0.1) is 17.5 Å². The summed E-state index contributed by atoms with van der Waals surface area (Å²) in [6, 6.07) is 9.23. The van der Waals surface area contributed by atoms with Gasteiger partial charge in [-0.1, -0.05) is 25.5 Å². The van der Waals surface area contributed by atoms with Gasteiger partial charge in [0.25, 0.3) is 0 Å². The Morgan fingerprint density at radius 3 is 2.70 bits per heavy atom. The topological polar surface area (TPSA) is 70.4 Å². The number of rotatable bonds is 5. The minimum absolute atomic E-state index is 0.459. The number of aliphatic carboxylic acids is 1. The number of hydrogen-bond acceptors (Lipinski definition) is 3. The van der Waals surface area contributed by atoms with Gasteiger partial charge >= 0.3 is 5.97 Å². The maximum atomic E-state index is 11.2. The first-order valence-electron chi connectivity index (χ1n) is 6.81. The van der Waals surface area contributed by atoms with Crippen LogP contribution in [0.4, 0.5) is 0 Å². The summed E-state index contributed by atoms with van der Waals surface area (Å²) >= 11 is 0. The van der Waals surface area contributed by atoms with Crippen molar-refractivity contribution in [1.82, 2.24) is 4.98 Å². The summed E-state index contributed by atoms with van der Waals surface area (Å²) in [5.74, 6) is -1.72. The summed E-state index contributed by atoms with van der Waals surface area (Å²) in [6.07, 6.45) is 0.196. The molecule has 2 N–H and O–H groups in total. The number of hydrogen-bond donors (Lipinski definition) is 2. The zero-order chi connectivity index (χ0) is 14.7. The van der Waals surface area contributed by atoms with E-state index in [1.165, 1.54) is 0 Å². The highest BCUT2D eigenvalue weighted by atomic mass is 16.4. The lowest BCUT2D eigenvalue weighted by Gasteiger charge is -2.19. The number of pyridine rings is 1. The molecule has 2 unspecified atom stereocenters. The third-order valence-electron chi connectivity index (χ3n) is 3.49.